The van der Waals surface area contributed by atoms with Crippen molar-refractivity contribution in [1.82, 2.24) is 5.32 Å². The van der Waals surface area contributed by atoms with Gasteiger partial charge in [-0.05, 0) is 53.1 Å². The zero-order valence-electron chi connectivity index (χ0n) is 15.9. The number of amides is 1. The first kappa shape index (κ1) is 19.9. The molecule has 0 spiro atoms. The zero-order chi connectivity index (χ0) is 21.4. The van der Waals surface area contributed by atoms with Crippen molar-refractivity contribution in [2.45, 2.75) is 12.0 Å². The minimum Gasteiger partial charge on any atom is -0.484 e. The van der Waals surface area contributed by atoms with Crippen LogP contribution in [0.15, 0.2) is 60.7 Å². The molecule has 2 atom stereocenters. The molecule has 5 nitrogen and oxygen atoms in total. The number of ether oxygens (including phenoxy) is 1. The zero-order valence-corrected chi connectivity index (χ0v) is 16.6. The highest BCUT2D eigenvalue weighted by Crippen LogP contribution is 2.47. The maximum Gasteiger partial charge on any atom is 0.337 e. The lowest BCUT2D eigenvalue weighted by Crippen LogP contribution is -2.28. The molecule has 0 fully saturated rings. The van der Waals surface area contributed by atoms with E-state index in [2.05, 4.69) is 5.32 Å². The van der Waals surface area contributed by atoms with Crippen molar-refractivity contribution in [2.75, 3.05) is 7.05 Å². The minimum atomic E-state index is -1.12. The first-order chi connectivity index (χ1) is 14.4. The van der Waals surface area contributed by atoms with Gasteiger partial charge >= 0.3 is 5.97 Å². The van der Waals surface area contributed by atoms with Gasteiger partial charge in [-0.3, -0.25) is 4.79 Å². The summed E-state index contributed by atoms with van der Waals surface area (Å²) < 4.78 is 19.4. The van der Waals surface area contributed by atoms with Gasteiger partial charge in [-0.2, -0.15) is 0 Å². The smallest absolute Gasteiger partial charge is 0.337 e. The summed E-state index contributed by atoms with van der Waals surface area (Å²) in [6.07, 6.45) is -0.601. The molecule has 3 aromatic rings. The third kappa shape index (κ3) is 3.50. The Hall–Kier alpha value is -3.38. The fraction of sp³-hybridized carbons (Fsp3) is 0.130. The van der Waals surface area contributed by atoms with Crippen molar-refractivity contribution >= 4 is 23.5 Å². The molecule has 7 heteroatoms. The second-order valence-corrected chi connectivity index (χ2v) is 7.34. The number of halogens is 2. The molecule has 0 saturated carbocycles. The Kier molecular flexibility index (Phi) is 5.18. The fourth-order valence-corrected chi connectivity index (χ4v) is 3.86. The first-order valence-corrected chi connectivity index (χ1v) is 9.57. The molecular formula is C23H17ClFNO4. The third-order valence-corrected chi connectivity index (χ3v) is 5.49. The lowest BCUT2D eigenvalue weighted by Gasteiger charge is -2.18. The van der Waals surface area contributed by atoms with Gasteiger partial charge in [0.15, 0.2) is 0 Å². The summed E-state index contributed by atoms with van der Waals surface area (Å²) in [7, 11) is 1.55. The number of carboxylic acid groups (broad SMARTS) is 1. The van der Waals surface area contributed by atoms with E-state index in [1.54, 1.807) is 37.4 Å². The molecule has 0 bridgehead atoms. The molecule has 3 aromatic carbocycles. The Bertz CT molecular complexity index is 1150. The summed E-state index contributed by atoms with van der Waals surface area (Å²) in [6, 6.07) is 16.0. The molecule has 1 heterocycles. The normalized spacial score (nSPS) is 17.2. The standard InChI is InChI=1S/C23H17ClFNO4/c1-26-22(27)20-17-11-14(13-4-8-18(24)16(10-13)23(28)29)5-9-19(17)30-21(20)12-2-6-15(25)7-3-12/h2-11,20-21H,1H3,(H,26,27)(H,28,29). The summed E-state index contributed by atoms with van der Waals surface area (Å²) in [4.78, 5) is 24.1. The predicted molar refractivity (Wildman–Crippen MR) is 110 cm³/mol. The van der Waals surface area contributed by atoms with E-state index in [0.717, 1.165) is 5.56 Å². The quantitative estimate of drug-likeness (QED) is 0.629. The third-order valence-electron chi connectivity index (χ3n) is 5.16. The van der Waals surface area contributed by atoms with Gasteiger partial charge in [0.25, 0.3) is 0 Å². The van der Waals surface area contributed by atoms with Crippen molar-refractivity contribution in [3.63, 3.8) is 0 Å². The number of rotatable bonds is 4. The maximum atomic E-state index is 13.3. The number of carboxylic acids is 1. The van der Waals surface area contributed by atoms with Gasteiger partial charge in [0.2, 0.25) is 5.91 Å². The van der Waals surface area contributed by atoms with Crippen LogP contribution < -0.4 is 10.1 Å². The van der Waals surface area contributed by atoms with Crippen LogP contribution in [-0.2, 0) is 4.79 Å². The SMILES string of the molecule is CNC(=O)C1c2cc(-c3ccc(Cl)c(C(=O)O)c3)ccc2OC1c1ccc(F)cc1. The predicted octanol–water partition coefficient (Wildman–Crippen LogP) is 4.81. The van der Waals surface area contributed by atoms with Crippen LogP contribution in [0, 0.1) is 5.82 Å². The van der Waals surface area contributed by atoms with E-state index in [1.807, 2.05) is 6.07 Å². The van der Waals surface area contributed by atoms with Gasteiger partial charge in [-0.1, -0.05) is 35.9 Å². The lowest BCUT2D eigenvalue weighted by molar-refractivity contribution is -0.123. The van der Waals surface area contributed by atoms with Crippen LogP contribution in [0.4, 0.5) is 4.39 Å². The van der Waals surface area contributed by atoms with Crippen molar-refractivity contribution in [2.24, 2.45) is 0 Å². The molecule has 1 aliphatic rings. The summed E-state index contributed by atoms with van der Waals surface area (Å²) in [5.74, 6) is -1.81. The number of carbonyl (C=O) groups is 2. The Morgan fingerprint density at radius 2 is 1.70 bits per heavy atom. The van der Waals surface area contributed by atoms with E-state index in [1.165, 1.54) is 24.3 Å². The van der Waals surface area contributed by atoms with Crippen molar-refractivity contribution in [3.8, 4) is 16.9 Å². The van der Waals surface area contributed by atoms with Crippen LogP contribution in [0.5, 0.6) is 5.75 Å². The van der Waals surface area contributed by atoms with E-state index in [4.69, 9.17) is 16.3 Å². The largest absolute Gasteiger partial charge is 0.484 e. The molecule has 1 amide bonds. The van der Waals surface area contributed by atoms with E-state index < -0.39 is 18.0 Å². The van der Waals surface area contributed by atoms with E-state index in [9.17, 15) is 19.1 Å². The van der Waals surface area contributed by atoms with E-state index in [-0.39, 0.29) is 22.3 Å². The van der Waals surface area contributed by atoms with Gasteiger partial charge in [0.1, 0.15) is 23.6 Å². The van der Waals surface area contributed by atoms with Crippen molar-refractivity contribution in [3.05, 3.63) is 88.2 Å². The molecule has 2 unspecified atom stereocenters. The van der Waals surface area contributed by atoms with Gasteiger partial charge in [0, 0.05) is 12.6 Å². The van der Waals surface area contributed by atoms with E-state index in [0.29, 0.717) is 22.4 Å². The molecule has 0 radical (unpaired) electrons. The van der Waals surface area contributed by atoms with Gasteiger partial charge in [0.05, 0.1) is 10.6 Å². The monoisotopic (exact) mass is 425 g/mol. The van der Waals surface area contributed by atoms with Crippen LogP contribution in [0.2, 0.25) is 5.02 Å². The number of fused-ring (bicyclic) bond motifs is 1. The maximum absolute atomic E-state index is 13.3. The van der Waals surface area contributed by atoms with Crippen molar-refractivity contribution in [1.29, 1.82) is 0 Å². The Labute approximate surface area is 177 Å². The summed E-state index contributed by atoms with van der Waals surface area (Å²) in [5, 5.41) is 12.1. The van der Waals surface area contributed by atoms with Crippen LogP contribution in [0.25, 0.3) is 11.1 Å². The van der Waals surface area contributed by atoms with E-state index >= 15 is 0 Å². The number of nitrogens with one attached hydrogen (secondary N) is 1. The average molecular weight is 426 g/mol. The van der Waals surface area contributed by atoms with Gasteiger partial charge in [-0.25, -0.2) is 9.18 Å². The summed E-state index contributed by atoms with van der Waals surface area (Å²) >= 11 is 5.97. The van der Waals surface area contributed by atoms with Crippen LogP contribution >= 0.6 is 11.6 Å². The van der Waals surface area contributed by atoms with Crippen LogP contribution in [0.1, 0.15) is 33.5 Å². The molecule has 4 rings (SSSR count). The molecule has 0 aromatic heterocycles. The number of benzene rings is 3. The number of likely N-dealkylation sites (N-methyl/N-ethyl adjacent to an activating group) is 1. The highest BCUT2D eigenvalue weighted by atomic mass is 35.5. The Morgan fingerprint density at radius 1 is 1.03 bits per heavy atom. The summed E-state index contributed by atoms with van der Waals surface area (Å²) in [5.41, 5.74) is 2.74. The molecule has 0 saturated heterocycles. The van der Waals surface area contributed by atoms with Crippen LogP contribution in [0.3, 0.4) is 0 Å². The van der Waals surface area contributed by atoms with Crippen molar-refractivity contribution < 1.29 is 23.8 Å². The fourth-order valence-electron chi connectivity index (χ4n) is 3.66. The number of carbonyl (C=O) groups excluding carboxylic acids is 1. The number of hydrogen-bond acceptors (Lipinski definition) is 3. The number of hydrogen-bond donors (Lipinski definition) is 2. The average Bonchev–Trinajstić information content (AvgIpc) is 3.12. The van der Waals surface area contributed by atoms with Gasteiger partial charge in [-0.15, -0.1) is 0 Å². The lowest BCUT2D eigenvalue weighted by atomic mass is 9.88. The molecule has 30 heavy (non-hydrogen) atoms. The Morgan fingerprint density at radius 3 is 2.37 bits per heavy atom. The highest BCUT2D eigenvalue weighted by molar-refractivity contribution is 6.33. The molecule has 1 aliphatic heterocycles. The topological polar surface area (TPSA) is 75.6 Å². The van der Waals surface area contributed by atoms with Gasteiger partial charge < -0.3 is 15.2 Å². The second-order valence-electron chi connectivity index (χ2n) is 6.93. The van der Waals surface area contributed by atoms with Crippen LogP contribution in [-0.4, -0.2) is 24.0 Å². The number of aromatic carboxylic acids is 1. The minimum absolute atomic E-state index is 0.00189. The molecular weight excluding hydrogens is 409 g/mol. The first-order valence-electron chi connectivity index (χ1n) is 9.20. The molecule has 152 valence electrons. The molecule has 2 N–H and O–H groups in total. The Balaban J connectivity index is 1.78. The summed E-state index contributed by atoms with van der Waals surface area (Å²) in [6.45, 7) is 0. The highest BCUT2D eigenvalue weighted by Gasteiger charge is 2.40. The molecule has 0 aliphatic carbocycles. The second kappa shape index (κ2) is 7.80.